The average molecular weight is 405 g/mol. The molecule has 1 aromatic carbocycles. The van der Waals surface area contributed by atoms with Crippen LogP contribution in [0.4, 0.5) is 0 Å². The van der Waals surface area contributed by atoms with Crippen LogP contribution in [0.15, 0.2) is 48.8 Å². The zero-order valence-electron chi connectivity index (χ0n) is 17.2. The molecule has 3 aromatic rings. The fraction of sp³-hybridized carbons (Fsp3) is 0.458. The van der Waals surface area contributed by atoms with Gasteiger partial charge in [-0.15, -0.1) is 0 Å². The summed E-state index contributed by atoms with van der Waals surface area (Å²) >= 11 is 0. The summed E-state index contributed by atoms with van der Waals surface area (Å²) in [5.41, 5.74) is 2.62. The van der Waals surface area contributed by atoms with E-state index in [-0.39, 0.29) is 18.1 Å². The van der Waals surface area contributed by atoms with Crippen molar-refractivity contribution in [1.29, 1.82) is 0 Å². The van der Waals surface area contributed by atoms with Crippen molar-refractivity contribution in [1.82, 2.24) is 20.1 Å². The number of carbonyl (C=O) groups excluding carboxylic acids is 1. The molecule has 0 spiro atoms. The molecular formula is C24H28N4O2. The first kappa shape index (κ1) is 19.2. The number of hydrogen-bond acceptors (Lipinski definition) is 4. The topological polar surface area (TPSA) is 69.0 Å². The van der Waals surface area contributed by atoms with Crippen molar-refractivity contribution in [2.24, 2.45) is 0 Å². The third-order valence-electron chi connectivity index (χ3n) is 6.44. The normalized spacial score (nSPS) is 22.0. The Morgan fingerprint density at radius 1 is 1.07 bits per heavy atom. The van der Waals surface area contributed by atoms with Crippen LogP contribution >= 0.6 is 0 Å². The number of hydrogen-bond donors (Lipinski definition) is 1. The van der Waals surface area contributed by atoms with E-state index in [0.29, 0.717) is 18.2 Å². The third kappa shape index (κ3) is 3.97. The van der Waals surface area contributed by atoms with Gasteiger partial charge < -0.3 is 10.1 Å². The molecule has 6 heteroatoms. The summed E-state index contributed by atoms with van der Waals surface area (Å²) in [6.07, 6.45) is 11.4. The number of carbonyl (C=O) groups is 1. The van der Waals surface area contributed by atoms with Gasteiger partial charge in [0, 0.05) is 11.6 Å². The Morgan fingerprint density at radius 2 is 1.90 bits per heavy atom. The second-order valence-corrected chi connectivity index (χ2v) is 8.51. The second kappa shape index (κ2) is 8.56. The van der Waals surface area contributed by atoms with Gasteiger partial charge in [-0.1, -0.05) is 43.2 Å². The molecule has 156 valence electrons. The molecular weight excluding hydrogens is 376 g/mol. The molecule has 1 amide bonds. The van der Waals surface area contributed by atoms with Crippen LogP contribution in [0.25, 0.3) is 11.0 Å². The number of nitrogens with one attached hydrogen (secondary N) is 1. The van der Waals surface area contributed by atoms with E-state index in [1.165, 1.54) is 12.8 Å². The Labute approximate surface area is 176 Å². The second-order valence-electron chi connectivity index (χ2n) is 8.51. The van der Waals surface area contributed by atoms with Gasteiger partial charge in [0.05, 0.1) is 36.6 Å². The largest absolute Gasteiger partial charge is 0.371 e. The van der Waals surface area contributed by atoms with Crippen molar-refractivity contribution in [3.63, 3.8) is 0 Å². The van der Waals surface area contributed by atoms with Crippen LogP contribution in [-0.4, -0.2) is 32.8 Å². The lowest BCUT2D eigenvalue weighted by Crippen LogP contribution is -2.41. The van der Waals surface area contributed by atoms with E-state index in [2.05, 4.69) is 27.5 Å². The van der Waals surface area contributed by atoms with Gasteiger partial charge in [0.25, 0.3) is 5.91 Å². The Bertz CT molecular complexity index is 1010. The highest BCUT2D eigenvalue weighted by Crippen LogP contribution is 2.31. The van der Waals surface area contributed by atoms with Crippen molar-refractivity contribution in [2.75, 3.05) is 0 Å². The Kier molecular flexibility index (Phi) is 5.49. The lowest BCUT2D eigenvalue weighted by Gasteiger charge is -2.21. The van der Waals surface area contributed by atoms with Crippen LogP contribution in [0.3, 0.4) is 0 Å². The molecule has 0 aliphatic heterocycles. The number of pyridine rings is 1. The van der Waals surface area contributed by atoms with Gasteiger partial charge in [0.2, 0.25) is 0 Å². The van der Waals surface area contributed by atoms with E-state index in [9.17, 15) is 4.79 Å². The number of amides is 1. The molecule has 0 bridgehead atoms. The summed E-state index contributed by atoms with van der Waals surface area (Å²) in [6, 6.07) is 12.6. The molecule has 0 unspecified atom stereocenters. The standard InChI is InChI=1S/C24H28N4O2/c29-24(27-21-11-6-12-22(21)30-16-17-7-2-1-3-8-17)19-13-18-15-26-28(23(18)25-14-19)20-9-4-5-10-20/h1-3,7-8,13-15,20-22H,4-6,9-12,16H2,(H,27,29)/t21-,22-/m0/s1. The van der Waals surface area contributed by atoms with Gasteiger partial charge in [-0.3, -0.25) is 4.79 Å². The number of nitrogens with zero attached hydrogens (tertiary/aromatic N) is 3. The molecule has 2 atom stereocenters. The number of fused-ring (bicyclic) bond motifs is 1. The fourth-order valence-corrected chi connectivity index (χ4v) is 4.80. The van der Waals surface area contributed by atoms with Crippen LogP contribution in [0.1, 0.15) is 66.9 Å². The molecule has 2 saturated carbocycles. The minimum Gasteiger partial charge on any atom is -0.371 e. The van der Waals surface area contributed by atoms with Gasteiger partial charge in [0.1, 0.15) is 0 Å². The van der Waals surface area contributed by atoms with Gasteiger partial charge >= 0.3 is 0 Å². The smallest absolute Gasteiger partial charge is 0.253 e. The molecule has 6 nitrogen and oxygen atoms in total. The molecule has 5 rings (SSSR count). The first-order chi connectivity index (χ1) is 14.8. The monoisotopic (exact) mass is 404 g/mol. The zero-order valence-corrected chi connectivity index (χ0v) is 17.2. The molecule has 0 radical (unpaired) electrons. The minimum atomic E-state index is -0.0850. The van der Waals surface area contributed by atoms with Crippen LogP contribution < -0.4 is 5.32 Å². The van der Waals surface area contributed by atoms with Crippen molar-refractivity contribution < 1.29 is 9.53 Å². The molecule has 2 heterocycles. The molecule has 2 aromatic heterocycles. The Morgan fingerprint density at radius 3 is 2.73 bits per heavy atom. The molecule has 2 fully saturated rings. The predicted octanol–water partition coefficient (Wildman–Crippen LogP) is 4.41. The van der Waals surface area contributed by atoms with Gasteiger partial charge in [-0.25, -0.2) is 9.67 Å². The summed E-state index contributed by atoms with van der Waals surface area (Å²) in [6.45, 7) is 0.575. The van der Waals surface area contributed by atoms with Gasteiger partial charge in [-0.05, 0) is 43.7 Å². The van der Waals surface area contributed by atoms with E-state index in [4.69, 9.17) is 4.74 Å². The van der Waals surface area contributed by atoms with Gasteiger partial charge in [-0.2, -0.15) is 5.10 Å². The highest BCUT2D eigenvalue weighted by molar-refractivity contribution is 5.97. The van der Waals surface area contributed by atoms with Crippen molar-refractivity contribution in [2.45, 2.75) is 69.7 Å². The summed E-state index contributed by atoms with van der Waals surface area (Å²) < 4.78 is 8.16. The SMILES string of the molecule is O=C(N[C@H]1CCC[C@@H]1OCc1ccccc1)c1cnc2c(cnn2C2CCCC2)c1. The number of benzene rings is 1. The summed E-state index contributed by atoms with van der Waals surface area (Å²) in [5, 5.41) is 8.65. The Hall–Kier alpha value is -2.73. The first-order valence-corrected chi connectivity index (χ1v) is 11.1. The maximum Gasteiger partial charge on any atom is 0.253 e. The lowest BCUT2D eigenvalue weighted by molar-refractivity contribution is 0.0272. The van der Waals surface area contributed by atoms with Crippen LogP contribution in [0, 0.1) is 0 Å². The minimum absolute atomic E-state index is 0.0399. The molecule has 2 aliphatic rings. The van der Waals surface area contributed by atoms with Gasteiger partial charge in [0.15, 0.2) is 5.65 Å². The maximum absolute atomic E-state index is 12.9. The Balaban J connectivity index is 1.24. The van der Waals surface area contributed by atoms with Crippen molar-refractivity contribution in [3.05, 3.63) is 59.9 Å². The quantitative estimate of drug-likeness (QED) is 0.661. The molecule has 0 saturated heterocycles. The third-order valence-corrected chi connectivity index (χ3v) is 6.44. The molecule has 30 heavy (non-hydrogen) atoms. The van der Waals surface area contributed by atoms with E-state index < -0.39 is 0 Å². The summed E-state index contributed by atoms with van der Waals surface area (Å²) in [4.78, 5) is 17.5. The molecule has 1 N–H and O–H groups in total. The highest BCUT2D eigenvalue weighted by atomic mass is 16.5. The van der Waals surface area contributed by atoms with E-state index >= 15 is 0 Å². The van der Waals surface area contributed by atoms with Crippen molar-refractivity contribution >= 4 is 16.9 Å². The number of ether oxygens (including phenoxy) is 1. The maximum atomic E-state index is 12.9. The van der Waals surface area contributed by atoms with Crippen LogP contribution in [-0.2, 0) is 11.3 Å². The number of rotatable bonds is 6. The van der Waals surface area contributed by atoms with Crippen molar-refractivity contribution in [3.8, 4) is 0 Å². The van der Waals surface area contributed by atoms with E-state index in [0.717, 1.165) is 48.7 Å². The van der Waals surface area contributed by atoms with Crippen LogP contribution in [0.5, 0.6) is 0 Å². The summed E-state index contributed by atoms with van der Waals surface area (Å²) in [5.74, 6) is -0.0850. The average Bonchev–Trinajstić information content (AvgIpc) is 3.53. The number of aromatic nitrogens is 3. The first-order valence-electron chi connectivity index (χ1n) is 11.1. The van der Waals surface area contributed by atoms with E-state index in [1.807, 2.05) is 35.1 Å². The predicted molar refractivity (Wildman–Crippen MR) is 115 cm³/mol. The van der Waals surface area contributed by atoms with Crippen LogP contribution in [0.2, 0.25) is 0 Å². The molecule has 2 aliphatic carbocycles. The fourth-order valence-electron chi connectivity index (χ4n) is 4.80. The lowest BCUT2D eigenvalue weighted by atomic mass is 10.1. The summed E-state index contributed by atoms with van der Waals surface area (Å²) in [7, 11) is 0. The zero-order chi connectivity index (χ0) is 20.3. The van der Waals surface area contributed by atoms with E-state index in [1.54, 1.807) is 6.20 Å². The highest BCUT2D eigenvalue weighted by Gasteiger charge is 2.30.